The van der Waals surface area contributed by atoms with E-state index in [0.717, 1.165) is 5.02 Å². The van der Waals surface area contributed by atoms with Crippen molar-refractivity contribution in [3.05, 3.63) is 64.3 Å². The summed E-state index contributed by atoms with van der Waals surface area (Å²) in [6, 6.07) is 6.77. The highest BCUT2D eigenvalue weighted by Crippen LogP contribution is 2.42. The summed E-state index contributed by atoms with van der Waals surface area (Å²) < 4.78 is 4.15. The van der Waals surface area contributed by atoms with Crippen LogP contribution < -0.4 is 5.32 Å². The Morgan fingerprint density at radius 3 is 2.60 bits per heavy atom. The third kappa shape index (κ3) is 6.23. The summed E-state index contributed by atoms with van der Waals surface area (Å²) in [5.74, 6) is 1.21. The zero-order valence-corrected chi connectivity index (χ0v) is 19.4. The van der Waals surface area contributed by atoms with Crippen LogP contribution in [0.2, 0.25) is 5.02 Å². The van der Waals surface area contributed by atoms with Gasteiger partial charge in [-0.15, -0.1) is 0 Å². The number of halogens is 1. The van der Waals surface area contributed by atoms with Gasteiger partial charge in [0.25, 0.3) is 6.47 Å². The van der Waals surface area contributed by atoms with Crippen molar-refractivity contribution in [3.8, 4) is 0 Å². The number of allylic oxidation sites excluding steroid dienone is 2. The fraction of sp³-hybridized carbons (Fsp3) is 0.480. The minimum atomic E-state index is 0.368. The van der Waals surface area contributed by atoms with Gasteiger partial charge in [-0.25, -0.2) is 0 Å². The van der Waals surface area contributed by atoms with E-state index in [9.17, 15) is 4.79 Å². The molecule has 1 aromatic rings. The SMILES string of the molecule is CC.CCOC=O.CN1CCC(C2c3ccc(Cl)cc3C=CC3=CC=CNC32)CC1. The molecule has 2 heterocycles. The maximum atomic E-state index is 9.18. The lowest BCUT2D eigenvalue weighted by atomic mass is 9.73. The Kier molecular flexibility index (Phi) is 10.2. The average molecular weight is 431 g/mol. The first-order chi connectivity index (χ1) is 14.6. The van der Waals surface area contributed by atoms with Crippen molar-refractivity contribution >= 4 is 24.1 Å². The molecule has 4 nitrogen and oxygen atoms in total. The number of likely N-dealkylation sites (tertiary alicyclic amines) is 1. The molecule has 3 aliphatic rings. The molecular formula is C25H35ClN2O2. The second-order valence-corrected chi connectivity index (χ2v) is 7.93. The number of benzene rings is 1. The number of fused-ring (bicyclic) bond motifs is 2. The van der Waals surface area contributed by atoms with Crippen molar-refractivity contribution in [1.82, 2.24) is 10.2 Å². The molecule has 0 bridgehead atoms. The largest absolute Gasteiger partial charge is 0.468 e. The molecule has 30 heavy (non-hydrogen) atoms. The molecule has 2 atom stereocenters. The van der Waals surface area contributed by atoms with Crippen LogP contribution in [0, 0.1) is 5.92 Å². The van der Waals surface area contributed by atoms with Crippen LogP contribution >= 0.6 is 11.6 Å². The summed E-state index contributed by atoms with van der Waals surface area (Å²) in [7, 11) is 2.23. The molecule has 1 aromatic carbocycles. The topological polar surface area (TPSA) is 41.6 Å². The van der Waals surface area contributed by atoms with E-state index >= 15 is 0 Å². The Morgan fingerprint density at radius 1 is 1.23 bits per heavy atom. The van der Waals surface area contributed by atoms with E-state index in [-0.39, 0.29) is 0 Å². The zero-order valence-electron chi connectivity index (χ0n) is 18.6. The Morgan fingerprint density at radius 2 is 1.97 bits per heavy atom. The molecule has 1 saturated heterocycles. The highest BCUT2D eigenvalue weighted by Gasteiger charge is 2.36. The van der Waals surface area contributed by atoms with E-state index in [0.29, 0.717) is 31.0 Å². The third-order valence-electron chi connectivity index (χ3n) is 5.75. The fourth-order valence-electron chi connectivity index (χ4n) is 4.33. The summed E-state index contributed by atoms with van der Waals surface area (Å²) in [4.78, 5) is 11.6. The van der Waals surface area contributed by atoms with Gasteiger partial charge in [0.15, 0.2) is 0 Å². The lowest BCUT2D eigenvalue weighted by Gasteiger charge is -2.39. The summed E-state index contributed by atoms with van der Waals surface area (Å²) in [5, 5.41) is 4.45. The number of carbonyl (C=O) groups is 1. The monoisotopic (exact) mass is 430 g/mol. The fourth-order valence-corrected chi connectivity index (χ4v) is 4.51. The quantitative estimate of drug-likeness (QED) is 0.651. The van der Waals surface area contributed by atoms with Gasteiger partial charge in [0.05, 0.1) is 12.6 Å². The number of nitrogens with one attached hydrogen (secondary N) is 1. The van der Waals surface area contributed by atoms with Crippen LogP contribution in [0.4, 0.5) is 0 Å². The van der Waals surface area contributed by atoms with E-state index < -0.39 is 0 Å². The molecule has 2 aliphatic heterocycles. The lowest BCUT2D eigenvalue weighted by Crippen LogP contribution is -2.41. The van der Waals surface area contributed by atoms with Gasteiger partial charge >= 0.3 is 0 Å². The minimum absolute atomic E-state index is 0.368. The highest BCUT2D eigenvalue weighted by atomic mass is 35.5. The lowest BCUT2D eigenvalue weighted by molar-refractivity contribution is -0.128. The molecule has 0 radical (unpaired) electrons. The molecule has 5 heteroatoms. The first kappa shape index (κ1) is 24.2. The van der Waals surface area contributed by atoms with Crippen molar-refractivity contribution in [2.75, 3.05) is 26.7 Å². The van der Waals surface area contributed by atoms with Crippen LogP contribution in [0.25, 0.3) is 6.08 Å². The predicted molar refractivity (Wildman–Crippen MR) is 127 cm³/mol. The summed E-state index contributed by atoms with van der Waals surface area (Å²) in [6.45, 7) is 9.05. The minimum Gasteiger partial charge on any atom is -0.468 e. The van der Waals surface area contributed by atoms with E-state index in [1.54, 1.807) is 6.92 Å². The van der Waals surface area contributed by atoms with Gasteiger partial charge in [0, 0.05) is 10.9 Å². The van der Waals surface area contributed by atoms with Crippen molar-refractivity contribution in [3.63, 3.8) is 0 Å². The predicted octanol–water partition coefficient (Wildman–Crippen LogP) is 5.41. The Labute approximate surface area is 186 Å². The first-order valence-electron chi connectivity index (χ1n) is 11.0. The molecule has 0 aromatic heterocycles. The van der Waals surface area contributed by atoms with Crippen molar-refractivity contribution in [2.45, 2.75) is 45.6 Å². The van der Waals surface area contributed by atoms with Gasteiger partial charge < -0.3 is 15.0 Å². The average Bonchev–Trinajstić information content (AvgIpc) is 2.93. The van der Waals surface area contributed by atoms with E-state index in [2.05, 4.69) is 64.6 Å². The number of ether oxygens (including phenoxy) is 1. The second-order valence-electron chi connectivity index (χ2n) is 7.49. The molecule has 1 fully saturated rings. The number of rotatable bonds is 3. The molecule has 4 rings (SSSR count). The standard InChI is InChI=1S/C20H23ClN2.C3H6O2.C2H6/c1-23-11-8-14(9-12-23)19-18-7-6-17(21)13-16(18)5-4-15-3-2-10-22-20(15)19;1-2-5-3-4;1-2/h2-7,10,13-14,19-20,22H,8-9,11-12H2,1H3;3H,2H2,1H3;1-2H3. The van der Waals surface area contributed by atoms with Crippen LogP contribution in [-0.4, -0.2) is 44.2 Å². The van der Waals surface area contributed by atoms with E-state index in [1.807, 2.05) is 19.9 Å². The zero-order chi connectivity index (χ0) is 21.9. The molecule has 164 valence electrons. The van der Waals surface area contributed by atoms with Gasteiger partial charge in [0.1, 0.15) is 0 Å². The van der Waals surface area contributed by atoms with Crippen LogP contribution in [0.3, 0.4) is 0 Å². The van der Waals surface area contributed by atoms with Crippen molar-refractivity contribution in [2.24, 2.45) is 5.92 Å². The Balaban J connectivity index is 0.000000404. The molecular weight excluding hydrogens is 396 g/mol. The molecule has 0 amide bonds. The molecule has 1 aliphatic carbocycles. The van der Waals surface area contributed by atoms with Crippen molar-refractivity contribution < 1.29 is 9.53 Å². The number of hydrogen-bond acceptors (Lipinski definition) is 4. The van der Waals surface area contributed by atoms with E-state index in [1.165, 1.54) is 42.6 Å². The van der Waals surface area contributed by atoms with Crippen LogP contribution in [0.1, 0.15) is 50.7 Å². The first-order valence-corrected chi connectivity index (χ1v) is 11.4. The maximum Gasteiger partial charge on any atom is 0.293 e. The van der Waals surface area contributed by atoms with Crippen LogP contribution in [0.15, 0.2) is 48.2 Å². The number of nitrogens with zero attached hydrogens (tertiary/aromatic N) is 1. The smallest absolute Gasteiger partial charge is 0.293 e. The van der Waals surface area contributed by atoms with Crippen molar-refractivity contribution in [1.29, 1.82) is 0 Å². The van der Waals surface area contributed by atoms with Gasteiger partial charge in [-0.3, -0.25) is 4.79 Å². The third-order valence-corrected chi connectivity index (χ3v) is 5.98. The summed E-state index contributed by atoms with van der Waals surface area (Å²) >= 11 is 6.25. The summed E-state index contributed by atoms with van der Waals surface area (Å²) in [6.07, 6.45) is 13.4. The Hall–Kier alpha value is -2.04. The maximum absolute atomic E-state index is 9.18. The van der Waals surface area contributed by atoms with Crippen LogP contribution in [-0.2, 0) is 9.53 Å². The number of dihydropyridines is 1. The second kappa shape index (κ2) is 12.6. The molecule has 0 spiro atoms. The number of hydrogen-bond donors (Lipinski definition) is 1. The van der Waals surface area contributed by atoms with Gasteiger partial charge in [0.2, 0.25) is 0 Å². The van der Waals surface area contributed by atoms with Gasteiger partial charge in [-0.2, -0.15) is 0 Å². The molecule has 1 N–H and O–H groups in total. The molecule has 2 unspecified atom stereocenters. The van der Waals surface area contributed by atoms with Gasteiger partial charge in [-0.1, -0.05) is 49.7 Å². The Bertz CT molecular complexity index is 764. The van der Waals surface area contributed by atoms with Gasteiger partial charge in [-0.05, 0) is 86.9 Å². The number of carbonyl (C=O) groups excluding carboxylic acids is 1. The normalized spacial score (nSPS) is 22.5. The molecule has 0 saturated carbocycles. The summed E-state index contributed by atoms with van der Waals surface area (Å²) in [5.41, 5.74) is 4.10. The highest BCUT2D eigenvalue weighted by molar-refractivity contribution is 6.30. The number of piperidine rings is 1. The van der Waals surface area contributed by atoms with E-state index in [4.69, 9.17) is 11.6 Å². The van der Waals surface area contributed by atoms with Crippen LogP contribution in [0.5, 0.6) is 0 Å².